The first-order valence-corrected chi connectivity index (χ1v) is 5.63. The van der Waals surface area contributed by atoms with E-state index < -0.39 is 23.2 Å². The van der Waals surface area contributed by atoms with Crippen LogP contribution in [0.1, 0.15) is 16.7 Å². The molecule has 1 aliphatic heterocycles. The Balaban J connectivity index is 2.62. The maximum atomic E-state index is 13.0. The summed E-state index contributed by atoms with van der Waals surface area (Å²) in [6.07, 6.45) is -4.01. The van der Waals surface area contributed by atoms with Crippen molar-refractivity contribution in [2.75, 3.05) is 20.1 Å². The highest BCUT2D eigenvalue weighted by Crippen LogP contribution is 2.44. The molecule has 0 atom stereocenters. The van der Waals surface area contributed by atoms with Gasteiger partial charge in [0.1, 0.15) is 5.56 Å². The van der Waals surface area contributed by atoms with Crippen LogP contribution in [0.4, 0.5) is 13.2 Å². The van der Waals surface area contributed by atoms with Crippen molar-refractivity contribution in [3.63, 3.8) is 0 Å². The predicted octanol–water partition coefficient (Wildman–Crippen LogP) is 2.15. The van der Waals surface area contributed by atoms with Crippen LogP contribution in [-0.4, -0.2) is 35.3 Å². The second-order valence-corrected chi connectivity index (χ2v) is 4.56. The van der Waals surface area contributed by atoms with Crippen LogP contribution >= 0.6 is 0 Å². The summed E-state index contributed by atoms with van der Waals surface area (Å²) in [6.45, 7) is 1.13. The number of hydrogen-bond acceptors (Lipinski definition) is 3. The van der Waals surface area contributed by atoms with E-state index in [0.29, 0.717) is 25.1 Å². The Hall–Kier alpha value is -1.43. The second-order valence-electron chi connectivity index (χ2n) is 4.56. The van der Waals surface area contributed by atoms with Crippen molar-refractivity contribution < 1.29 is 23.4 Å². The Morgan fingerprint density at radius 2 is 1.78 bits per heavy atom. The molecule has 6 heteroatoms. The normalized spacial score (nSPS) is 17.3. The summed E-state index contributed by atoms with van der Waals surface area (Å²) in [6, 6.07) is 1.24. The number of benzene rings is 1. The fourth-order valence-electron chi connectivity index (χ4n) is 2.29. The molecule has 2 rings (SSSR count). The van der Waals surface area contributed by atoms with Crippen LogP contribution in [0, 0.1) is 0 Å². The molecule has 0 fully saturated rings. The molecule has 0 radical (unpaired) electrons. The van der Waals surface area contributed by atoms with Gasteiger partial charge in [-0.1, -0.05) is 0 Å². The van der Waals surface area contributed by atoms with Crippen LogP contribution < -0.4 is 0 Å². The van der Waals surface area contributed by atoms with Gasteiger partial charge in [-0.05, 0) is 37.1 Å². The molecule has 1 aliphatic rings. The highest BCUT2D eigenvalue weighted by molar-refractivity contribution is 5.54. The number of fused-ring (bicyclic) bond motifs is 1. The SMILES string of the molecule is CN1CCc2cc(O)c(O)c(C(F)(F)F)c2CC1. The average molecular weight is 261 g/mol. The number of aromatic hydroxyl groups is 2. The first-order valence-electron chi connectivity index (χ1n) is 5.63. The molecule has 100 valence electrons. The molecule has 1 aromatic rings. The highest BCUT2D eigenvalue weighted by atomic mass is 19.4. The van der Waals surface area contributed by atoms with E-state index in [4.69, 9.17) is 0 Å². The number of phenols is 2. The summed E-state index contributed by atoms with van der Waals surface area (Å²) in [5.41, 5.74) is -0.531. The Morgan fingerprint density at radius 1 is 1.17 bits per heavy atom. The summed E-state index contributed by atoms with van der Waals surface area (Å²) < 4.78 is 38.9. The van der Waals surface area contributed by atoms with Gasteiger partial charge in [-0.25, -0.2) is 0 Å². The second kappa shape index (κ2) is 4.35. The number of likely N-dealkylation sites (N-methyl/N-ethyl adjacent to an activating group) is 1. The van der Waals surface area contributed by atoms with Crippen LogP contribution in [-0.2, 0) is 19.0 Å². The molecular formula is C12H14F3NO2. The molecule has 0 spiro atoms. The molecule has 2 N–H and O–H groups in total. The molecule has 0 bridgehead atoms. The average Bonchev–Trinajstić information content (AvgIpc) is 2.41. The molecule has 18 heavy (non-hydrogen) atoms. The Bertz CT molecular complexity index is 471. The number of nitrogens with zero attached hydrogens (tertiary/aromatic N) is 1. The van der Waals surface area contributed by atoms with Gasteiger partial charge < -0.3 is 15.1 Å². The number of hydrogen-bond donors (Lipinski definition) is 2. The standard InChI is InChI=1S/C12H14F3NO2/c1-16-4-2-7-6-9(17)11(18)10(12(13,14)15)8(7)3-5-16/h6,17-18H,2-5H2,1H3. The van der Waals surface area contributed by atoms with Gasteiger partial charge in [-0.15, -0.1) is 0 Å². The molecule has 3 nitrogen and oxygen atoms in total. The zero-order valence-electron chi connectivity index (χ0n) is 9.88. The lowest BCUT2D eigenvalue weighted by molar-refractivity contribution is -0.139. The third kappa shape index (κ3) is 2.25. The number of phenolic OH excluding ortho intramolecular Hbond substituents is 2. The van der Waals surface area contributed by atoms with Crippen molar-refractivity contribution in [2.45, 2.75) is 19.0 Å². The van der Waals surface area contributed by atoms with E-state index in [1.807, 2.05) is 11.9 Å². The zero-order valence-corrected chi connectivity index (χ0v) is 9.88. The number of rotatable bonds is 0. The van der Waals surface area contributed by atoms with E-state index in [-0.39, 0.29) is 12.0 Å². The smallest absolute Gasteiger partial charge is 0.420 e. The van der Waals surface area contributed by atoms with Crippen LogP contribution in [0.15, 0.2) is 6.07 Å². The predicted molar refractivity (Wildman–Crippen MR) is 59.7 cm³/mol. The van der Waals surface area contributed by atoms with Crippen LogP contribution in [0.2, 0.25) is 0 Å². The third-order valence-electron chi connectivity index (χ3n) is 3.27. The minimum atomic E-state index is -4.66. The van der Waals surface area contributed by atoms with Gasteiger partial charge in [0.15, 0.2) is 11.5 Å². The minimum absolute atomic E-state index is 0.0992. The van der Waals surface area contributed by atoms with E-state index in [1.165, 1.54) is 6.07 Å². The molecule has 0 aliphatic carbocycles. The fourth-order valence-corrected chi connectivity index (χ4v) is 2.29. The molecule has 0 amide bonds. The Kier molecular flexibility index (Phi) is 3.14. The van der Waals surface area contributed by atoms with Gasteiger partial charge in [-0.2, -0.15) is 13.2 Å². The van der Waals surface area contributed by atoms with E-state index in [2.05, 4.69) is 0 Å². The van der Waals surface area contributed by atoms with Crippen molar-refractivity contribution >= 4 is 0 Å². The summed E-state index contributed by atoms with van der Waals surface area (Å²) in [5.74, 6) is -1.77. The maximum Gasteiger partial charge on any atom is 0.420 e. The lowest BCUT2D eigenvalue weighted by atomic mass is 9.95. The lowest BCUT2D eigenvalue weighted by Gasteiger charge is -2.17. The van der Waals surface area contributed by atoms with E-state index in [9.17, 15) is 23.4 Å². The van der Waals surface area contributed by atoms with Gasteiger partial charge in [0.2, 0.25) is 0 Å². The summed E-state index contributed by atoms with van der Waals surface area (Å²) in [4.78, 5) is 1.92. The Morgan fingerprint density at radius 3 is 2.39 bits per heavy atom. The van der Waals surface area contributed by atoms with Crippen molar-refractivity contribution in [1.82, 2.24) is 4.90 Å². The maximum absolute atomic E-state index is 13.0. The minimum Gasteiger partial charge on any atom is -0.504 e. The van der Waals surface area contributed by atoms with E-state index in [0.717, 1.165) is 0 Å². The highest BCUT2D eigenvalue weighted by Gasteiger charge is 2.39. The molecular weight excluding hydrogens is 247 g/mol. The van der Waals surface area contributed by atoms with Crippen LogP contribution in [0.25, 0.3) is 0 Å². The zero-order chi connectivity index (χ0) is 13.5. The first kappa shape index (κ1) is 13.0. The molecule has 0 unspecified atom stereocenters. The summed E-state index contributed by atoms with van der Waals surface area (Å²) in [7, 11) is 1.83. The lowest BCUT2D eigenvalue weighted by Crippen LogP contribution is -2.21. The summed E-state index contributed by atoms with van der Waals surface area (Å²) >= 11 is 0. The summed E-state index contributed by atoms with van der Waals surface area (Å²) in [5, 5.41) is 18.9. The van der Waals surface area contributed by atoms with Crippen LogP contribution in [0.3, 0.4) is 0 Å². The molecule has 0 saturated heterocycles. The van der Waals surface area contributed by atoms with Gasteiger partial charge in [-0.3, -0.25) is 0 Å². The van der Waals surface area contributed by atoms with Gasteiger partial charge in [0.25, 0.3) is 0 Å². The van der Waals surface area contributed by atoms with Crippen molar-refractivity contribution in [3.8, 4) is 11.5 Å². The van der Waals surface area contributed by atoms with Crippen molar-refractivity contribution in [3.05, 3.63) is 22.8 Å². The van der Waals surface area contributed by atoms with E-state index in [1.54, 1.807) is 0 Å². The van der Waals surface area contributed by atoms with Gasteiger partial charge >= 0.3 is 6.18 Å². The third-order valence-corrected chi connectivity index (χ3v) is 3.27. The van der Waals surface area contributed by atoms with E-state index >= 15 is 0 Å². The molecule has 0 aromatic heterocycles. The monoisotopic (exact) mass is 261 g/mol. The van der Waals surface area contributed by atoms with Crippen LogP contribution in [0.5, 0.6) is 11.5 Å². The van der Waals surface area contributed by atoms with Gasteiger partial charge in [0, 0.05) is 13.1 Å². The fraction of sp³-hybridized carbons (Fsp3) is 0.500. The molecule has 1 aromatic carbocycles. The Labute approximate surface area is 102 Å². The number of halogens is 3. The van der Waals surface area contributed by atoms with Gasteiger partial charge in [0.05, 0.1) is 0 Å². The van der Waals surface area contributed by atoms with Crippen molar-refractivity contribution in [2.24, 2.45) is 0 Å². The molecule has 0 saturated carbocycles. The quantitative estimate of drug-likeness (QED) is 0.703. The molecule has 1 heterocycles. The topological polar surface area (TPSA) is 43.7 Å². The van der Waals surface area contributed by atoms with Crippen molar-refractivity contribution in [1.29, 1.82) is 0 Å². The largest absolute Gasteiger partial charge is 0.504 e. The number of alkyl halides is 3. The first-order chi connectivity index (χ1) is 8.30.